The highest BCUT2D eigenvalue weighted by molar-refractivity contribution is 7.11. The van der Waals surface area contributed by atoms with Gasteiger partial charge in [-0.25, -0.2) is 4.98 Å². The highest BCUT2D eigenvalue weighted by Gasteiger charge is 2.14. The van der Waals surface area contributed by atoms with Gasteiger partial charge in [0.1, 0.15) is 5.01 Å². The first-order valence-electron chi connectivity index (χ1n) is 6.48. The largest absolute Gasteiger partial charge is 0.289 e. The lowest BCUT2D eigenvalue weighted by molar-refractivity contribution is -0.0297. The molecule has 1 aliphatic heterocycles. The number of aromatic nitrogens is 1. The van der Waals surface area contributed by atoms with Gasteiger partial charge in [0.05, 0.1) is 23.9 Å². The average Bonchev–Trinajstić information content (AvgIpc) is 2.99. The molecular formula is C16H13N3OS. The molecule has 1 aromatic carbocycles. The Labute approximate surface area is 126 Å². The Hall–Kier alpha value is -2.42. The van der Waals surface area contributed by atoms with Crippen LogP contribution in [0.2, 0.25) is 0 Å². The van der Waals surface area contributed by atoms with E-state index in [4.69, 9.17) is 5.26 Å². The van der Waals surface area contributed by atoms with E-state index in [0.29, 0.717) is 12.1 Å². The molecule has 0 fully saturated rings. The summed E-state index contributed by atoms with van der Waals surface area (Å²) in [5.74, 6) is 0. The van der Waals surface area contributed by atoms with Crippen LogP contribution in [0, 0.1) is 11.3 Å². The quantitative estimate of drug-likeness (QED) is 0.918. The molecule has 104 valence electrons. The van der Waals surface area contributed by atoms with Crippen molar-refractivity contribution < 1.29 is 5.21 Å². The molecule has 0 bridgehead atoms. The summed E-state index contributed by atoms with van der Waals surface area (Å²) in [5, 5.41) is 22.4. The lowest BCUT2D eigenvalue weighted by Gasteiger charge is -2.18. The van der Waals surface area contributed by atoms with Crippen LogP contribution in [0.5, 0.6) is 0 Å². The van der Waals surface area contributed by atoms with Crippen molar-refractivity contribution in [2.24, 2.45) is 0 Å². The zero-order valence-electron chi connectivity index (χ0n) is 11.4. The maximum Gasteiger partial charge on any atom is 0.125 e. The van der Waals surface area contributed by atoms with E-state index in [0.717, 1.165) is 32.5 Å². The molecule has 0 saturated carbocycles. The van der Waals surface area contributed by atoms with E-state index < -0.39 is 0 Å². The van der Waals surface area contributed by atoms with E-state index in [1.165, 1.54) is 0 Å². The van der Waals surface area contributed by atoms with E-state index in [1.807, 2.05) is 30.5 Å². The highest BCUT2D eigenvalue weighted by Crippen LogP contribution is 2.31. The molecule has 0 unspecified atom stereocenters. The number of hydrogen-bond acceptors (Lipinski definition) is 5. The van der Waals surface area contributed by atoms with Crippen molar-refractivity contribution >= 4 is 16.9 Å². The van der Waals surface area contributed by atoms with Crippen molar-refractivity contribution in [2.45, 2.75) is 6.92 Å². The van der Waals surface area contributed by atoms with Crippen molar-refractivity contribution in [1.82, 2.24) is 10.0 Å². The van der Waals surface area contributed by atoms with Gasteiger partial charge in [0.15, 0.2) is 0 Å². The summed E-state index contributed by atoms with van der Waals surface area (Å²) < 4.78 is 0. The molecule has 0 radical (unpaired) electrons. The summed E-state index contributed by atoms with van der Waals surface area (Å²) in [7, 11) is 0. The lowest BCUT2D eigenvalue weighted by atomic mass is 10.1. The number of allylic oxidation sites excluding steroid dienone is 2. The van der Waals surface area contributed by atoms with Gasteiger partial charge < -0.3 is 0 Å². The molecule has 2 heterocycles. The standard InChI is InChI=1S/C16H13N3OS/c1-11-6-7-19(20)9-14(11)16-18-15(10-21-16)13-4-2-12(8-17)3-5-13/h2-6,9-10,20H,7H2,1H3. The summed E-state index contributed by atoms with van der Waals surface area (Å²) in [4.78, 5) is 4.63. The molecule has 21 heavy (non-hydrogen) atoms. The molecule has 2 aromatic rings. The van der Waals surface area contributed by atoms with E-state index in [9.17, 15) is 5.21 Å². The van der Waals surface area contributed by atoms with Gasteiger partial charge in [0.2, 0.25) is 0 Å². The fourth-order valence-corrected chi connectivity index (χ4v) is 3.02. The molecule has 1 N–H and O–H groups in total. The van der Waals surface area contributed by atoms with Crippen LogP contribution in [-0.2, 0) is 0 Å². The van der Waals surface area contributed by atoms with Crippen LogP contribution in [0.3, 0.4) is 0 Å². The number of nitrogens with zero attached hydrogens (tertiary/aromatic N) is 3. The SMILES string of the molecule is CC1=CCN(O)C=C1c1nc(-c2ccc(C#N)cc2)cs1. The topological polar surface area (TPSA) is 60.1 Å². The molecule has 1 aromatic heterocycles. The van der Waals surface area contributed by atoms with Gasteiger partial charge >= 0.3 is 0 Å². The first kappa shape index (κ1) is 13.6. The van der Waals surface area contributed by atoms with Gasteiger partial charge in [-0.05, 0) is 24.6 Å². The minimum Gasteiger partial charge on any atom is -0.289 e. The maximum absolute atomic E-state index is 9.60. The number of thiazole rings is 1. The van der Waals surface area contributed by atoms with E-state index >= 15 is 0 Å². The lowest BCUT2D eigenvalue weighted by Crippen LogP contribution is -2.16. The van der Waals surface area contributed by atoms with Crippen molar-refractivity contribution in [1.29, 1.82) is 5.26 Å². The monoisotopic (exact) mass is 295 g/mol. The predicted molar refractivity (Wildman–Crippen MR) is 82.5 cm³/mol. The van der Waals surface area contributed by atoms with Crippen molar-refractivity contribution in [3.8, 4) is 17.3 Å². The zero-order chi connectivity index (χ0) is 14.8. The summed E-state index contributed by atoms with van der Waals surface area (Å²) in [5.41, 5.74) is 4.55. The fourth-order valence-electron chi connectivity index (χ4n) is 2.11. The van der Waals surface area contributed by atoms with Crippen LogP contribution in [0.1, 0.15) is 17.5 Å². The van der Waals surface area contributed by atoms with Gasteiger partial charge in [0, 0.05) is 22.7 Å². The minimum absolute atomic E-state index is 0.503. The summed E-state index contributed by atoms with van der Waals surface area (Å²) in [6.45, 7) is 2.52. The van der Waals surface area contributed by atoms with Crippen LogP contribution in [0.15, 0.2) is 47.5 Å². The molecule has 1 aliphatic rings. The second-order valence-corrected chi connectivity index (χ2v) is 5.64. The van der Waals surface area contributed by atoms with E-state index in [-0.39, 0.29) is 0 Å². The molecular weight excluding hydrogens is 282 g/mol. The molecule has 3 rings (SSSR count). The summed E-state index contributed by atoms with van der Waals surface area (Å²) in [6, 6.07) is 9.47. The third-order valence-electron chi connectivity index (χ3n) is 3.33. The van der Waals surface area contributed by atoms with Crippen LogP contribution in [0.4, 0.5) is 0 Å². The van der Waals surface area contributed by atoms with Gasteiger partial charge in [-0.2, -0.15) is 5.26 Å². The summed E-state index contributed by atoms with van der Waals surface area (Å²) in [6.07, 6.45) is 3.68. The number of rotatable bonds is 2. The summed E-state index contributed by atoms with van der Waals surface area (Å²) >= 11 is 1.54. The Morgan fingerprint density at radius 3 is 2.81 bits per heavy atom. The highest BCUT2D eigenvalue weighted by atomic mass is 32.1. The average molecular weight is 295 g/mol. The second kappa shape index (κ2) is 5.52. The normalized spacial score (nSPS) is 14.4. The van der Waals surface area contributed by atoms with Crippen molar-refractivity contribution in [3.05, 3.63) is 58.1 Å². The second-order valence-electron chi connectivity index (χ2n) is 4.78. The van der Waals surface area contributed by atoms with Crippen LogP contribution in [0.25, 0.3) is 16.8 Å². The number of nitriles is 1. The molecule has 0 saturated heterocycles. The Morgan fingerprint density at radius 1 is 1.33 bits per heavy atom. The van der Waals surface area contributed by atoms with Crippen molar-refractivity contribution in [2.75, 3.05) is 6.54 Å². The molecule has 0 amide bonds. The van der Waals surface area contributed by atoms with Gasteiger partial charge in [0.25, 0.3) is 0 Å². The predicted octanol–water partition coefficient (Wildman–Crippen LogP) is 3.67. The van der Waals surface area contributed by atoms with Gasteiger partial charge in [-0.1, -0.05) is 18.2 Å². The molecule has 5 heteroatoms. The molecule has 0 aliphatic carbocycles. The Kier molecular flexibility index (Phi) is 3.57. The number of hydroxylamine groups is 2. The minimum atomic E-state index is 0.503. The molecule has 0 atom stereocenters. The zero-order valence-corrected chi connectivity index (χ0v) is 12.3. The maximum atomic E-state index is 9.60. The van der Waals surface area contributed by atoms with Crippen molar-refractivity contribution in [3.63, 3.8) is 0 Å². The number of benzene rings is 1. The Morgan fingerprint density at radius 2 is 2.10 bits per heavy atom. The van der Waals surface area contributed by atoms with Gasteiger partial charge in [-0.15, -0.1) is 11.3 Å². The fraction of sp³-hybridized carbons (Fsp3) is 0.125. The Balaban J connectivity index is 1.93. The smallest absolute Gasteiger partial charge is 0.125 e. The molecule has 0 spiro atoms. The van der Waals surface area contributed by atoms with E-state index in [1.54, 1.807) is 29.7 Å². The first-order valence-corrected chi connectivity index (χ1v) is 7.36. The van der Waals surface area contributed by atoms with Crippen LogP contribution < -0.4 is 0 Å². The molecule has 4 nitrogen and oxygen atoms in total. The van der Waals surface area contributed by atoms with Crippen LogP contribution in [-0.4, -0.2) is 21.8 Å². The van der Waals surface area contributed by atoms with E-state index in [2.05, 4.69) is 11.1 Å². The third kappa shape index (κ3) is 2.72. The Bertz CT molecular complexity index is 766. The van der Waals surface area contributed by atoms with Crippen LogP contribution >= 0.6 is 11.3 Å². The first-order chi connectivity index (χ1) is 10.2. The van der Waals surface area contributed by atoms with Gasteiger partial charge in [-0.3, -0.25) is 10.3 Å². The number of hydrogen-bond donors (Lipinski definition) is 1. The third-order valence-corrected chi connectivity index (χ3v) is 4.21.